The first-order valence-corrected chi connectivity index (χ1v) is 14.5. The highest BCUT2D eigenvalue weighted by Gasteiger charge is 2.44. The van der Waals surface area contributed by atoms with Crippen LogP contribution in [0, 0.1) is 6.92 Å². The van der Waals surface area contributed by atoms with Crippen molar-refractivity contribution in [3.05, 3.63) is 87.1 Å². The fourth-order valence-electron chi connectivity index (χ4n) is 4.73. The second-order valence-electron chi connectivity index (χ2n) is 9.16. The lowest BCUT2D eigenvalue weighted by molar-refractivity contribution is -0.129. The van der Waals surface area contributed by atoms with Crippen LogP contribution in [-0.2, 0) is 9.53 Å². The van der Waals surface area contributed by atoms with E-state index in [1.807, 2.05) is 30.3 Å². The second kappa shape index (κ2) is 12.0. The van der Waals surface area contributed by atoms with Gasteiger partial charge in [-0.3, -0.25) is 14.5 Å². The normalized spacial score (nSPS) is 18.4. The Bertz CT molecular complexity index is 1340. The minimum atomic E-state index is -0.705. The van der Waals surface area contributed by atoms with Gasteiger partial charge in [0.1, 0.15) is 0 Å². The molecule has 2 aromatic carbocycles. The lowest BCUT2D eigenvalue weighted by atomic mass is 9.95. The summed E-state index contributed by atoms with van der Waals surface area (Å²) in [6, 6.07) is 16.2. The number of carbonyl (C=O) groups is 2. The number of hydrogen-bond acceptors (Lipinski definition) is 8. The molecule has 0 bridgehead atoms. The molecule has 0 saturated carbocycles. The Labute approximate surface area is 235 Å². The lowest BCUT2D eigenvalue weighted by Crippen LogP contribution is -2.39. The molecule has 1 amide bonds. The van der Waals surface area contributed by atoms with Gasteiger partial charge in [0.2, 0.25) is 5.78 Å². The number of nitrogens with zero attached hydrogens (tertiary/aromatic N) is 3. The molecular formula is C28H28ClN3O4S2. The zero-order valence-corrected chi connectivity index (χ0v) is 23.3. The van der Waals surface area contributed by atoms with Gasteiger partial charge >= 0.3 is 0 Å². The highest BCUT2D eigenvalue weighted by atomic mass is 35.5. The van der Waals surface area contributed by atoms with Crippen LogP contribution in [0.4, 0.5) is 0 Å². The van der Waals surface area contributed by atoms with Gasteiger partial charge in [0, 0.05) is 36.1 Å². The molecule has 1 saturated heterocycles. The molecule has 1 N–H and O–H groups in total. The predicted octanol–water partition coefficient (Wildman–Crippen LogP) is 5.56. The summed E-state index contributed by atoms with van der Waals surface area (Å²) in [6.45, 7) is 6.11. The third-order valence-electron chi connectivity index (χ3n) is 6.64. The quantitative estimate of drug-likeness (QED) is 0.338. The van der Waals surface area contributed by atoms with Crippen molar-refractivity contribution in [1.82, 2.24) is 14.8 Å². The minimum absolute atomic E-state index is 0.0895. The van der Waals surface area contributed by atoms with Gasteiger partial charge in [-0.1, -0.05) is 53.7 Å². The molecule has 1 fully saturated rings. The molecule has 2 aliphatic heterocycles. The molecule has 3 heterocycles. The van der Waals surface area contributed by atoms with Crippen LogP contribution >= 0.6 is 34.7 Å². The first-order valence-electron chi connectivity index (χ1n) is 12.5. The maximum Gasteiger partial charge on any atom is 0.290 e. The molecule has 1 aromatic heterocycles. The number of Topliss-reactive ketones (excluding diaryl/α,β-unsaturated/α-hetero) is 1. The lowest BCUT2D eigenvalue weighted by Gasteiger charge is -2.30. The number of aliphatic hydroxyl groups excluding tert-OH is 1. The number of hydrogen-bond donors (Lipinski definition) is 1. The number of carbonyl (C=O) groups excluding carboxylic acids is 2. The Balaban J connectivity index is 1.42. The average molecular weight is 570 g/mol. The maximum atomic E-state index is 13.9. The van der Waals surface area contributed by atoms with Crippen molar-refractivity contribution >= 4 is 46.4 Å². The van der Waals surface area contributed by atoms with Gasteiger partial charge in [-0.15, -0.1) is 11.3 Å². The molecule has 2 aliphatic rings. The topological polar surface area (TPSA) is 83.0 Å². The largest absolute Gasteiger partial charge is 0.503 e. The van der Waals surface area contributed by atoms with Crippen molar-refractivity contribution in [3.8, 4) is 0 Å². The third-order valence-corrected chi connectivity index (χ3v) is 9.12. The monoisotopic (exact) mass is 569 g/mol. The van der Waals surface area contributed by atoms with E-state index in [-0.39, 0.29) is 11.4 Å². The molecule has 0 unspecified atom stereocenters. The fourth-order valence-corrected chi connectivity index (χ4v) is 7.00. The van der Waals surface area contributed by atoms with Crippen LogP contribution < -0.4 is 0 Å². The highest BCUT2D eigenvalue weighted by Crippen LogP contribution is 2.41. The van der Waals surface area contributed by atoms with Crippen LogP contribution in [0.25, 0.3) is 0 Å². The van der Waals surface area contributed by atoms with E-state index >= 15 is 0 Å². The van der Waals surface area contributed by atoms with E-state index in [0.717, 1.165) is 34.4 Å². The number of benzene rings is 2. The van der Waals surface area contributed by atoms with Crippen LogP contribution in [0.5, 0.6) is 0 Å². The summed E-state index contributed by atoms with van der Waals surface area (Å²) in [5.74, 6) is -1.40. The van der Waals surface area contributed by atoms with E-state index in [2.05, 4.69) is 9.88 Å². The van der Waals surface area contributed by atoms with E-state index < -0.39 is 17.7 Å². The Morgan fingerprint density at radius 3 is 2.55 bits per heavy atom. The van der Waals surface area contributed by atoms with Crippen molar-refractivity contribution in [1.29, 1.82) is 0 Å². The molecule has 3 aromatic rings. The average Bonchev–Trinajstić information content (AvgIpc) is 3.41. The number of morpholine rings is 1. The Morgan fingerprint density at radius 1 is 1.13 bits per heavy atom. The van der Waals surface area contributed by atoms with Crippen molar-refractivity contribution in [3.63, 3.8) is 0 Å². The molecule has 1 atom stereocenters. The van der Waals surface area contributed by atoms with Gasteiger partial charge in [0.15, 0.2) is 10.1 Å². The van der Waals surface area contributed by atoms with E-state index in [1.165, 1.54) is 23.1 Å². The molecule has 0 spiro atoms. The number of ether oxygens (including phenoxy) is 1. The van der Waals surface area contributed by atoms with Crippen LogP contribution in [-0.4, -0.2) is 71.0 Å². The molecule has 0 radical (unpaired) electrons. The number of amides is 1. The van der Waals surface area contributed by atoms with Crippen LogP contribution in [0.2, 0.25) is 5.02 Å². The van der Waals surface area contributed by atoms with Crippen LogP contribution in [0.3, 0.4) is 0 Å². The number of rotatable bonds is 9. The number of thiazole rings is 1. The first kappa shape index (κ1) is 26.9. The van der Waals surface area contributed by atoms with E-state index in [0.29, 0.717) is 41.8 Å². The number of halogens is 1. The van der Waals surface area contributed by atoms with Gasteiger partial charge in [-0.05, 0) is 43.2 Å². The maximum absolute atomic E-state index is 13.9. The van der Waals surface area contributed by atoms with Crippen molar-refractivity contribution in [2.45, 2.75) is 28.6 Å². The summed E-state index contributed by atoms with van der Waals surface area (Å²) < 4.78 is 6.15. The molecule has 7 nitrogen and oxygen atoms in total. The van der Waals surface area contributed by atoms with E-state index in [1.54, 1.807) is 36.1 Å². The van der Waals surface area contributed by atoms with Gasteiger partial charge in [0.05, 0.1) is 35.4 Å². The highest BCUT2D eigenvalue weighted by molar-refractivity contribution is 8.01. The summed E-state index contributed by atoms with van der Waals surface area (Å²) >= 11 is 8.89. The van der Waals surface area contributed by atoms with Crippen molar-refractivity contribution in [2.24, 2.45) is 0 Å². The SMILES string of the molecule is Cc1nc(Sc2ccccc2)sc1C(=O)C1=C(O)C(=O)N(CCCN2CCOCC2)[C@@H]1c1ccc(Cl)cc1. The zero-order chi connectivity index (χ0) is 26.6. The summed E-state index contributed by atoms with van der Waals surface area (Å²) in [7, 11) is 0. The zero-order valence-electron chi connectivity index (χ0n) is 20.9. The second-order valence-corrected chi connectivity index (χ2v) is 11.9. The first-order chi connectivity index (χ1) is 18.4. The number of ketones is 1. The van der Waals surface area contributed by atoms with E-state index in [9.17, 15) is 14.7 Å². The third kappa shape index (κ3) is 5.82. The van der Waals surface area contributed by atoms with Crippen LogP contribution in [0.15, 0.2) is 75.2 Å². The number of aromatic nitrogens is 1. The van der Waals surface area contributed by atoms with Crippen LogP contribution in [0.1, 0.15) is 33.4 Å². The molecule has 198 valence electrons. The molecule has 10 heteroatoms. The molecule has 38 heavy (non-hydrogen) atoms. The Hall–Kier alpha value is -2.69. The summed E-state index contributed by atoms with van der Waals surface area (Å²) in [5.41, 5.74) is 1.39. The minimum Gasteiger partial charge on any atom is -0.503 e. The fraction of sp³-hybridized carbons (Fsp3) is 0.321. The summed E-state index contributed by atoms with van der Waals surface area (Å²) in [4.78, 5) is 37.2. The number of aliphatic hydroxyl groups is 1. The Kier molecular flexibility index (Phi) is 8.50. The van der Waals surface area contributed by atoms with Gasteiger partial charge in [-0.2, -0.15) is 0 Å². The number of aryl methyl sites for hydroxylation is 1. The van der Waals surface area contributed by atoms with E-state index in [4.69, 9.17) is 16.3 Å². The van der Waals surface area contributed by atoms with Gasteiger partial charge in [0.25, 0.3) is 5.91 Å². The summed E-state index contributed by atoms with van der Waals surface area (Å²) in [6.07, 6.45) is 0.710. The standard InChI is InChI=1S/C28H28ClN3O4S2/c1-18-26(38-28(30-18)37-21-6-3-2-4-7-21)24(33)22-23(19-8-10-20(29)11-9-19)32(27(35)25(22)34)13-5-12-31-14-16-36-17-15-31/h2-4,6-11,23,34H,5,12-17H2,1H3/t23-/m1/s1. The van der Waals surface area contributed by atoms with Gasteiger partial charge < -0.3 is 14.7 Å². The summed E-state index contributed by atoms with van der Waals surface area (Å²) in [5, 5.41) is 11.6. The predicted molar refractivity (Wildman–Crippen MR) is 149 cm³/mol. The van der Waals surface area contributed by atoms with Gasteiger partial charge in [-0.25, -0.2) is 4.98 Å². The molecular weight excluding hydrogens is 542 g/mol. The molecule has 5 rings (SSSR count). The Morgan fingerprint density at radius 2 is 1.84 bits per heavy atom. The van der Waals surface area contributed by atoms with Crippen molar-refractivity contribution < 1.29 is 19.4 Å². The van der Waals surface area contributed by atoms with Crippen molar-refractivity contribution in [2.75, 3.05) is 39.4 Å². The smallest absolute Gasteiger partial charge is 0.290 e. The molecule has 0 aliphatic carbocycles.